The molecule has 35 heavy (non-hydrogen) atoms. The summed E-state index contributed by atoms with van der Waals surface area (Å²) in [6.45, 7) is 7.98. The third-order valence-corrected chi connectivity index (χ3v) is 6.56. The van der Waals surface area contributed by atoms with Crippen LogP contribution in [0.15, 0.2) is 77.3 Å². The summed E-state index contributed by atoms with van der Waals surface area (Å²) in [5.74, 6) is 0.190. The lowest BCUT2D eigenvalue weighted by atomic mass is 10.0. The van der Waals surface area contributed by atoms with Gasteiger partial charge in [-0.1, -0.05) is 76.1 Å². The molecule has 0 spiro atoms. The van der Waals surface area contributed by atoms with Gasteiger partial charge in [-0.25, -0.2) is 0 Å². The lowest BCUT2D eigenvalue weighted by Gasteiger charge is -2.32. The first-order valence-electron chi connectivity index (χ1n) is 11.8. The van der Waals surface area contributed by atoms with E-state index in [1.807, 2.05) is 100 Å². The molecule has 6 heteroatoms. The predicted molar refractivity (Wildman–Crippen MR) is 143 cm³/mol. The summed E-state index contributed by atoms with van der Waals surface area (Å²) in [6.07, 6.45) is 0.411. The van der Waals surface area contributed by atoms with Gasteiger partial charge in [-0.2, -0.15) is 0 Å². The molecule has 0 aromatic heterocycles. The first-order chi connectivity index (χ1) is 16.7. The number of carbonyl (C=O) groups excluding carboxylic acids is 2. The van der Waals surface area contributed by atoms with Crippen molar-refractivity contribution in [3.8, 4) is 5.75 Å². The molecule has 0 saturated carbocycles. The molecule has 3 aromatic carbocycles. The number of benzene rings is 3. The molecule has 3 aromatic rings. The van der Waals surface area contributed by atoms with Crippen molar-refractivity contribution in [2.45, 2.75) is 52.7 Å². The lowest BCUT2D eigenvalue weighted by Crippen LogP contribution is -2.52. The topological polar surface area (TPSA) is 58.6 Å². The van der Waals surface area contributed by atoms with Gasteiger partial charge in [0.05, 0.1) is 0 Å². The van der Waals surface area contributed by atoms with Gasteiger partial charge in [-0.3, -0.25) is 9.59 Å². The highest BCUT2D eigenvalue weighted by atomic mass is 79.9. The van der Waals surface area contributed by atoms with Gasteiger partial charge < -0.3 is 15.0 Å². The Labute approximate surface area is 216 Å². The van der Waals surface area contributed by atoms with E-state index in [2.05, 4.69) is 21.2 Å². The molecule has 0 radical (unpaired) electrons. The number of aryl methyl sites for hydroxylation is 2. The first kappa shape index (κ1) is 26.5. The predicted octanol–water partition coefficient (Wildman–Crippen LogP) is 5.61. The van der Waals surface area contributed by atoms with Crippen LogP contribution in [0, 0.1) is 13.8 Å². The largest absolute Gasteiger partial charge is 0.484 e. The summed E-state index contributed by atoms with van der Waals surface area (Å²) >= 11 is 3.49. The highest BCUT2D eigenvalue weighted by molar-refractivity contribution is 9.10. The number of halogens is 1. The Balaban J connectivity index is 1.90. The van der Waals surface area contributed by atoms with E-state index in [0.717, 1.165) is 26.7 Å². The van der Waals surface area contributed by atoms with E-state index in [-0.39, 0.29) is 24.5 Å². The zero-order valence-electron chi connectivity index (χ0n) is 20.8. The number of carbonyl (C=O) groups is 2. The van der Waals surface area contributed by atoms with Gasteiger partial charge in [-0.05, 0) is 62.6 Å². The van der Waals surface area contributed by atoms with Crippen LogP contribution >= 0.6 is 15.9 Å². The summed E-state index contributed by atoms with van der Waals surface area (Å²) in [7, 11) is 0. The maximum Gasteiger partial charge on any atom is 0.261 e. The van der Waals surface area contributed by atoms with Crippen LogP contribution in [0.3, 0.4) is 0 Å². The number of ether oxygens (including phenoxy) is 1. The molecule has 1 atom stereocenters. The standard InChI is InChI=1S/C29H33BrN2O3/c1-20(2)31-29(34)27(17-23-8-6-5-7-9-23)32(18-24-12-10-21(3)11-13-24)28(33)19-35-25-14-15-26(30)22(4)16-25/h5-16,20,27H,17-19H2,1-4H3,(H,31,34)/t27-/m1/s1. The van der Waals surface area contributed by atoms with Crippen molar-refractivity contribution in [2.24, 2.45) is 0 Å². The average molecular weight is 537 g/mol. The Morgan fingerprint density at radius 3 is 2.26 bits per heavy atom. The lowest BCUT2D eigenvalue weighted by molar-refractivity contribution is -0.143. The van der Waals surface area contributed by atoms with Gasteiger partial charge in [0, 0.05) is 23.5 Å². The Hall–Kier alpha value is -3.12. The molecule has 0 unspecified atom stereocenters. The van der Waals surface area contributed by atoms with Crippen LogP contribution < -0.4 is 10.1 Å². The van der Waals surface area contributed by atoms with Crippen molar-refractivity contribution >= 4 is 27.7 Å². The molecule has 0 heterocycles. The second-order valence-electron chi connectivity index (χ2n) is 9.08. The van der Waals surface area contributed by atoms with Crippen molar-refractivity contribution in [1.82, 2.24) is 10.2 Å². The minimum absolute atomic E-state index is 0.0425. The van der Waals surface area contributed by atoms with Crippen molar-refractivity contribution in [1.29, 1.82) is 0 Å². The van der Waals surface area contributed by atoms with Crippen LogP contribution in [-0.2, 0) is 22.6 Å². The van der Waals surface area contributed by atoms with Crippen LogP contribution in [0.4, 0.5) is 0 Å². The molecule has 0 aliphatic heterocycles. The summed E-state index contributed by atoms with van der Waals surface area (Å²) < 4.78 is 6.84. The second kappa shape index (κ2) is 12.5. The molecular formula is C29H33BrN2O3. The summed E-state index contributed by atoms with van der Waals surface area (Å²) in [4.78, 5) is 28.6. The molecule has 3 rings (SSSR count). The average Bonchev–Trinajstić information content (AvgIpc) is 2.83. The van der Waals surface area contributed by atoms with E-state index in [9.17, 15) is 9.59 Å². The van der Waals surface area contributed by atoms with Gasteiger partial charge in [0.1, 0.15) is 11.8 Å². The van der Waals surface area contributed by atoms with E-state index < -0.39 is 6.04 Å². The van der Waals surface area contributed by atoms with Crippen LogP contribution in [0.25, 0.3) is 0 Å². The number of hydrogen-bond donors (Lipinski definition) is 1. The van der Waals surface area contributed by atoms with Crippen molar-refractivity contribution in [3.63, 3.8) is 0 Å². The van der Waals surface area contributed by atoms with E-state index in [4.69, 9.17) is 4.74 Å². The molecule has 184 valence electrons. The first-order valence-corrected chi connectivity index (χ1v) is 12.6. The highest BCUT2D eigenvalue weighted by Crippen LogP contribution is 2.22. The quantitative estimate of drug-likeness (QED) is 0.366. The fraction of sp³-hybridized carbons (Fsp3) is 0.310. The van der Waals surface area contributed by atoms with Crippen LogP contribution in [0.2, 0.25) is 0 Å². The fourth-order valence-electron chi connectivity index (χ4n) is 3.76. The number of nitrogens with one attached hydrogen (secondary N) is 1. The SMILES string of the molecule is Cc1ccc(CN(C(=O)COc2ccc(Br)c(C)c2)[C@H](Cc2ccccc2)C(=O)NC(C)C)cc1. The summed E-state index contributed by atoms with van der Waals surface area (Å²) in [6, 6.07) is 22.7. The van der Waals surface area contributed by atoms with E-state index >= 15 is 0 Å². The van der Waals surface area contributed by atoms with Crippen molar-refractivity contribution in [3.05, 3.63) is 99.5 Å². The van der Waals surface area contributed by atoms with Gasteiger partial charge in [0.2, 0.25) is 5.91 Å². The van der Waals surface area contributed by atoms with E-state index in [1.54, 1.807) is 4.90 Å². The van der Waals surface area contributed by atoms with Crippen molar-refractivity contribution < 1.29 is 14.3 Å². The number of nitrogens with zero attached hydrogens (tertiary/aromatic N) is 1. The maximum absolute atomic E-state index is 13.6. The summed E-state index contributed by atoms with van der Waals surface area (Å²) in [5, 5.41) is 3.00. The Morgan fingerprint density at radius 2 is 1.63 bits per heavy atom. The third kappa shape index (κ3) is 7.96. The number of rotatable bonds is 10. The zero-order valence-corrected chi connectivity index (χ0v) is 22.3. The Kier molecular flexibility index (Phi) is 9.49. The molecule has 0 aliphatic carbocycles. The van der Waals surface area contributed by atoms with E-state index in [1.165, 1.54) is 0 Å². The molecule has 5 nitrogen and oxygen atoms in total. The van der Waals surface area contributed by atoms with Crippen LogP contribution in [0.1, 0.15) is 36.1 Å². The molecule has 0 fully saturated rings. The van der Waals surface area contributed by atoms with Gasteiger partial charge in [0.15, 0.2) is 6.61 Å². The zero-order chi connectivity index (χ0) is 25.4. The maximum atomic E-state index is 13.6. The molecule has 2 amide bonds. The smallest absolute Gasteiger partial charge is 0.261 e. The van der Waals surface area contributed by atoms with Gasteiger partial charge in [-0.15, -0.1) is 0 Å². The van der Waals surface area contributed by atoms with Crippen molar-refractivity contribution in [2.75, 3.05) is 6.61 Å². The molecular weight excluding hydrogens is 504 g/mol. The molecule has 0 saturated heterocycles. The summed E-state index contributed by atoms with van der Waals surface area (Å²) in [5.41, 5.74) is 4.10. The minimum Gasteiger partial charge on any atom is -0.484 e. The van der Waals surface area contributed by atoms with E-state index in [0.29, 0.717) is 18.7 Å². The molecule has 0 bridgehead atoms. The number of amides is 2. The number of hydrogen-bond acceptors (Lipinski definition) is 3. The minimum atomic E-state index is -0.677. The second-order valence-corrected chi connectivity index (χ2v) is 9.93. The van der Waals surface area contributed by atoms with Gasteiger partial charge >= 0.3 is 0 Å². The Bertz CT molecular complexity index is 1130. The third-order valence-electron chi connectivity index (χ3n) is 5.67. The monoisotopic (exact) mass is 536 g/mol. The van der Waals surface area contributed by atoms with Crippen LogP contribution in [-0.4, -0.2) is 35.4 Å². The fourth-order valence-corrected chi connectivity index (χ4v) is 4.01. The van der Waals surface area contributed by atoms with Crippen LogP contribution in [0.5, 0.6) is 5.75 Å². The molecule has 1 N–H and O–H groups in total. The highest BCUT2D eigenvalue weighted by Gasteiger charge is 2.31. The van der Waals surface area contributed by atoms with Gasteiger partial charge in [0.25, 0.3) is 5.91 Å². The Morgan fingerprint density at radius 1 is 0.943 bits per heavy atom. The normalized spacial score (nSPS) is 11.7. The molecule has 0 aliphatic rings.